The third kappa shape index (κ3) is 4.25. The Morgan fingerprint density at radius 3 is 2.68 bits per heavy atom. The van der Waals surface area contributed by atoms with Crippen molar-refractivity contribution >= 4 is 11.6 Å². The molecule has 0 aromatic heterocycles. The molecule has 1 aromatic carbocycles. The second-order valence-corrected chi connectivity index (χ2v) is 4.52. The molecule has 1 saturated heterocycles. The summed E-state index contributed by atoms with van der Waals surface area (Å²) >= 11 is 0. The minimum atomic E-state index is -0.958. The summed E-state index contributed by atoms with van der Waals surface area (Å²) in [7, 11) is 0. The van der Waals surface area contributed by atoms with Crippen LogP contribution < -0.4 is 10.6 Å². The number of halogens is 2. The van der Waals surface area contributed by atoms with E-state index in [-0.39, 0.29) is 11.6 Å². The van der Waals surface area contributed by atoms with Gasteiger partial charge in [-0.05, 0) is 12.1 Å². The molecule has 19 heavy (non-hydrogen) atoms. The van der Waals surface area contributed by atoms with Crippen LogP contribution in [0.2, 0.25) is 0 Å². The van der Waals surface area contributed by atoms with Gasteiger partial charge in [-0.3, -0.25) is 4.79 Å². The van der Waals surface area contributed by atoms with Gasteiger partial charge in [-0.25, -0.2) is 8.78 Å². The molecule has 0 radical (unpaired) electrons. The van der Waals surface area contributed by atoms with Gasteiger partial charge < -0.3 is 15.5 Å². The molecule has 0 atom stereocenters. The zero-order chi connectivity index (χ0) is 13.7. The number of piperazine rings is 1. The van der Waals surface area contributed by atoms with E-state index in [0.717, 1.165) is 38.3 Å². The Labute approximate surface area is 110 Å². The van der Waals surface area contributed by atoms with Gasteiger partial charge in [0.25, 0.3) is 0 Å². The maximum absolute atomic E-state index is 13.0. The summed E-state index contributed by atoms with van der Waals surface area (Å²) in [5, 5.41) is 5.80. The lowest BCUT2D eigenvalue weighted by atomic mass is 10.2. The molecule has 2 N–H and O–H groups in total. The van der Waals surface area contributed by atoms with E-state index in [1.165, 1.54) is 6.07 Å². The Morgan fingerprint density at radius 2 is 2.00 bits per heavy atom. The molecule has 1 aliphatic rings. The number of rotatable bonds is 4. The van der Waals surface area contributed by atoms with Crippen molar-refractivity contribution in [1.82, 2.24) is 10.2 Å². The zero-order valence-electron chi connectivity index (χ0n) is 10.6. The fourth-order valence-corrected chi connectivity index (χ4v) is 1.99. The average Bonchev–Trinajstić information content (AvgIpc) is 2.42. The van der Waals surface area contributed by atoms with E-state index in [0.29, 0.717) is 13.0 Å². The predicted molar refractivity (Wildman–Crippen MR) is 68.9 cm³/mol. The minimum Gasteiger partial charge on any atom is -0.326 e. The highest BCUT2D eigenvalue weighted by Crippen LogP contribution is 2.13. The molecule has 0 aliphatic carbocycles. The molecule has 0 saturated carbocycles. The van der Waals surface area contributed by atoms with Crippen LogP contribution in [-0.2, 0) is 4.79 Å². The number of anilines is 1. The number of hydrogen-bond acceptors (Lipinski definition) is 3. The van der Waals surface area contributed by atoms with Crippen LogP contribution in [0.25, 0.3) is 0 Å². The SMILES string of the molecule is O=C(CCN1CCNCC1)Nc1ccc(F)c(F)c1. The molecule has 1 heterocycles. The lowest BCUT2D eigenvalue weighted by molar-refractivity contribution is -0.116. The van der Waals surface area contributed by atoms with Crippen LogP contribution in [0.3, 0.4) is 0 Å². The molecule has 0 unspecified atom stereocenters. The van der Waals surface area contributed by atoms with E-state index in [1.807, 2.05) is 0 Å². The first-order valence-electron chi connectivity index (χ1n) is 6.33. The normalized spacial score (nSPS) is 16.3. The summed E-state index contributed by atoms with van der Waals surface area (Å²) in [6.45, 7) is 4.41. The van der Waals surface area contributed by atoms with Crippen molar-refractivity contribution in [2.45, 2.75) is 6.42 Å². The molecule has 4 nitrogen and oxygen atoms in total. The van der Waals surface area contributed by atoms with Crippen molar-refractivity contribution in [3.63, 3.8) is 0 Å². The number of amides is 1. The molecular weight excluding hydrogens is 252 g/mol. The van der Waals surface area contributed by atoms with Gasteiger partial charge in [0.2, 0.25) is 5.91 Å². The van der Waals surface area contributed by atoms with Gasteiger partial charge in [0.05, 0.1) is 0 Å². The van der Waals surface area contributed by atoms with Crippen molar-refractivity contribution in [3.8, 4) is 0 Å². The maximum atomic E-state index is 13.0. The topological polar surface area (TPSA) is 44.4 Å². The number of nitrogens with zero attached hydrogens (tertiary/aromatic N) is 1. The van der Waals surface area contributed by atoms with Crippen molar-refractivity contribution < 1.29 is 13.6 Å². The first-order chi connectivity index (χ1) is 9.15. The maximum Gasteiger partial charge on any atom is 0.225 e. The van der Waals surface area contributed by atoms with Gasteiger partial charge in [-0.15, -0.1) is 0 Å². The van der Waals surface area contributed by atoms with E-state index >= 15 is 0 Å². The van der Waals surface area contributed by atoms with Crippen LogP contribution in [0.5, 0.6) is 0 Å². The average molecular weight is 269 g/mol. The predicted octanol–water partition coefficient (Wildman–Crippen LogP) is 1.20. The van der Waals surface area contributed by atoms with Crippen molar-refractivity contribution in [2.24, 2.45) is 0 Å². The molecular formula is C13H17F2N3O. The lowest BCUT2D eigenvalue weighted by Gasteiger charge is -2.26. The summed E-state index contributed by atoms with van der Waals surface area (Å²) in [6, 6.07) is 3.33. The van der Waals surface area contributed by atoms with Gasteiger partial charge >= 0.3 is 0 Å². The van der Waals surface area contributed by atoms with E-state index in [1.54, 1.807) is 0 Å². The quantitative estimate of drug-likeness (QED) is 0.863. The third-order valence-electron chi connectivity index (χ3n) is 3.07. The molecule has 0 spiro atoms. The molecule has 1 aromatic rings. The summed E-state index contributed by atoms with van der Waals surface area (Å²) in [6.07, 6.45) is 0.346. The second kappa shape index (κ2) is 6.58. The highest BCUT2D eigenvalue weighted by atomic mass is 19.2. The molecule has 1 amide bonds. The summed E-state index contributed by atoms with van der Waals surface area (Å²) < 4.78 is 25.7. The van der Waals surface area contributed by atoms with Gasteiger partial charge in [0.15, 0.2) is 11.6 Å². The van der Waals surface area contributed by atoms with Gasteiger partial charge in [0, 0.05) is 50.9 Å². The van der Waals surface area contributed by atoms with Crippen molar-refractivity contribution in [3.05, 3.63) is 29.8 Å². The summed E-state index contributed by atoms with van der Waals surface area (Å²) in [4.78, 5) is 13.9. The molecule has 6 heteroatoms. The van der Waals surface area contributed by atoms with Crippen LogP contribution in [0.1, 0.15) is 6.42 Å². The summed E-state index contributed by atoms with van der Waals surface area (Å²) in [5.41, 5.74) is 0.282. The molecule has 0 bridgehead atoms. The van der Waals surface area contributed by atoms with E-state index in [4.69, 9.17) is 0 Å². The number of carbonyl (C=O) groups excluding carboxylic acids is 1. The Morgan fingerprint density at radius 1 is 1.26 bits per heavy atom. The molecule has 1 aliphatic heterocycles. The van der Waals surface area contributed by atoms with Crippen LogP contribution in [-0.4, -0.2) is 43.5 Å². The van der Waals surface area contributed by atoms with Crippen LogP contribution in [0.15, 0.2) is 18.2 Å². The number of carbonyl (C=O) groups is 1. The fraction of sp³-hybridized carbons (Fsp3) is 0.462. The monoisotopic (exact) mass is 269 g/mol. The summed E-state index contributed by atoms with van der Waals surface area (Å²) in [5.74, 6) is -2.07. The highest BCUT2D eigenvalue weighted by Gasteiger charge is 2.11. The first-order valence-corrected chi connectivity index (χ1v) is 6.33. The minimum absolute atomic E-state index is 0.190. The van der Waals surface area contributed by atoms with Crippen molar-refractivity contribution in [1.29, 1.82) is 0 Å². The van der Waals surface area contributed by atoms with E-state index in [9.17, 15) is 13.6 Å². The molecule has 2 rings (SSSR count). The van der Waals surface area contributed by atoms with Crippen LogP contribution >= 0.6 is 0 Å². The van der Waals surface area contributed by atoms with Crippen LogP contribution in [0.4, 0.5) is 14.5 Å². The number of benzene rings is 1. The Balaban J connectivity index is 1.78. The van der Waals surface area contributed by atoms with E-state index in [2.05, 4.69) is 15.5 Å². The third-order valence-corrected chi connectivity index (χ3v) is 3.07. The standard InChI is InChI=1S/C13H17F2N3O/c14-11-2-1-10(9-12(11)15)17-13(19)3-6-18-7-4-16-5-8-18/h1-2,9,16H,3-8H2,(H,17,19). The Hall–Kier alpha value is -1.53. The number of nitrogens with one attached hydrogen (secondary N) is 2. The smallest absolute Gasteiger partial charge is 0.225 e. The molecule has 1 fully saturated rings. The lowest BCUT2D eigenvalue weighted by Crippen LogP contribution is -2.44. The highest BCUT2D eigenvalue weighted by molar-refractivity contribution is 5.90. The number of hydrogen-bond donors (Lipinski definition) is 2. The fourth-order valence-electron chi connectivity index (χ4n) is 1.99. The van der Waals surface area contributed by atoms with Gasteiger partial charge in [-0.1, -0.05) is 0 Å². The van der Waals surface area contributed by atoms with E-state index < -0.39 is 11.6 Å². The van der Waals surface area contributed by atoms with Crippen molar-refractivity contribution in [2.75, 3.05) is 38.0 Å². The van der Waals surface area contributed by atoms with Gasteiger partial charge in [0.1, 0.15) is 0 Å². The van der Waals surface area contributed by atoms with Crippen LogP contribution in [0, 0.1) is 11.6 Å². The Kier molecular flexibility index (Phi) is 4.81. The first kappa shape index (κ1) is 13.9. The molecule has 104 valence electrons. The largest absolute Gasteiger partial charge is 0.326 e. The van der Waals surface area contributed by atoms with Gasteiger partial charge in [-0.2, -0.15) is 0 Å². The Bertz CT molecular complexity index is 448. The second-order valence-electron chi connectivity index (χ2n) is 4.52. The zero-order valence-corrected chi connectivity index (χ0v) is 10.6.